The molecular weight excluding hydrogens is 260 g/mol. The summed E-state index contributed by atoms with van der Waals surface area (Å²) in [5, 5.41) is 14.5. The second-order valence-electron chi connectivity index (χ2n) is 5.19. The lowest BCUT2D eigenvalue weighted by molar-refractivity contribution is 0.0895. The van der Waals surface area contributed by atoms with Gasteiger partial charge in [0.15, 0.2) is 5.82 Å². The van der Waals surface area contributed by atoms with E-state index in [9.17, 15) is 4.79 Å². The molecule has 0 radical (unpaired) electrons. The van der Waals surface area contributed by atoms with Crippen LogP contribution in [0.4, 0.5) is 0 Å². The molecule has 8 nitrogen and oxygen atoms in total. The van der Waals surface area contributed by atoms with E-state index in [4.69, 9.17) is 4.52 Å². The number of hydrogen-bond acceptors (Lipinski definition) is 6. The molecule has 0 unspecified atom stereocenters. The molecule has 0 bridgehead atoms. The van der Waals surface area contributed by atoms with Crippen LogP contribution in [0.3, 0.4) is 0 Å². The van der Waals surface area contributed by atoms with Crippen LogP contribution in [0, 0.1) is 0 Å². The van der Waals surface area contributed by atoms with Gasteiger partial charge in [-0.2, -0.15) is 4.98 Å². The van der Waals surface area contributed by atoms with Crippen molar-refractivity contribution < 1.29 is 9.32 Å². The largest absolute Gasteiger partial charge is 0.345 e. The van der Waals surface area contributed by atoms with E-state index < -0.39 is 0 Å². The van der Waals surface area contributed by atoms with Gasteiger partial charge in [-0.25, -0.2) is 0 Å². The number of hydrogen-bond donors (Lipinski definition) is 1. The molecule has 1 saturated carbocycles. The molecule has 1 amide bonds. The third-order valence-electron chi connectivity index (χ3n) is 3.12. The van der Waals surface area contributed by atoms with Crippen molar-refractivity contribution in [3.8, 4) is 0 Å². The first kappa shape index (κ1) is 12.8. The highest BCUT2D eigenvalue weighted by Gasteiger charge is 2.30. The Labute approximate surface area is 115 Å². The van der Waals surface area contributed by atoms with Crippen LogP contribution < -0.4 is 5.32 Å². The van der Waals surface area contributed by atoms with Crippen LogP contribution in [0.25, 0.3) is 0 Å². The Morgan fingerprint density at radius 1 is 1.60 bits per heavy atom. The number of rotatable bonds is 5. The van der Waals surface area contributed by atoms with Crippen molar-refractivity contribution in [2.75, 3.05) is 0 Å². The number of carbonyl (C=O) groups is 1. The first-order valence-electron chi connectivity index (χ1n) is 6.61. The minimum atomic E-state index is -0.346. The summed E-state index contributed by atoms with van der Waals surface area (Å²) in [6.45, 7) is 1.89. The maximum Gasteiger partial charge on any atom is 0.315 e. The topological polar surface area (TPSA) is 98.7 Å². The molecule has 1 atom stereocenters. The van der Waals surface area contributed by atoms with Gasteiger partial charge in [-0.15, -0.1) is 5.10 Å². The molecule has 1 aliphatic rings. The zero-order valence-corrected chi connectivity index (χ0v) is 11.4. The van der Waals surface area contributed by atoms with Crippen molar-refractivity contribution in [2.24, 2.45) is 7.05 Å². The van der Waals surface area contributed by atoms with E-state index in [1.54, 1.807) is 11.7 Å². The number of aryl methyl sites for hydroxylation is 1. The molecule has 0 spiro atoms. The van der Waals surface area contributed by atoms with Crippen LogP contribution in [0.5, 0.6) is 0 Å². The van der Waals surface area contributed by atoms with E-state index in [2.05, 4.69) is 25.8 Å². The Balaban J connectivity index is 1.56. The molecule has 2 aromatic rings. The van der Waals surface area contributed by atoms with Crippen LogP contribution >= 0.6 is 0 Å². The normalized spacial score (nSPS) is 16.1. The van der Waals surface area contributed by atoms with Crippen molar-refractivity contribution in [3.63, 3.8) is 0 Å². The highest BCUT2D eigenvalue weighted by molar-refractivity contribution is 5.89. The summed E-state index contributed by atoms with van der Waals surface area (Å²) >= 11 is 0. The van der Waals surface area contributed by atoms with E-state index >= 15 is 0 Å². The Morgan fingerprint density at radius 2 is 2.40 bits per heavy atom. The average molecular weight is 276 g/mol. The van der Waals surface area contributed by atoms with Crippen molar-refractivity contribution in [2.45, 2.75) is 38.1 Å². The molecule has 0 aromatic carbocycles. The maximum atomic E-state index is 12.0. The molecule has 1 aliphatic carbocycles. The molecule has 20 heavy (non-hydrogen) atoms. The molecule has 1 fully saturated rings. The van der Waals surface area contributed by atoms with Crippen molar-refractivity contribution in [1.82, 2.24) is 30.5 Å². The van der Waals surface area contributed by atoms with E-state index in [1.807, 2.05) is 13.1 Å². The third kappa shape index (κ3) is 2.84. The van der Waals surface area contributed by atoms with Gasteiger partial charge < -0.3 is 9.84 Å². The summed E-state index contributed by atoms with van der Waals surface area (Å²) < 4.78 is 6.61. The highest BCUT2D eigenvalue weighted by Crippen LogP contribution is 2.38. The van der Waals surface area contributed by atoms with Crippen LogP contribution in [-0.4, -0.2) is 37.1 Å². The molecule has 0 aliphatic heterocycles. The van der Waals surface area contributed by atoms with Crippen LogP contribution in [0.15, 0.2) is 10.7 Å². The summed E-state index contributed by atoms with van der Waals surface area (Å²) in [7, 11) is 1.80. The number of nitrogens with one attached hydrogen (secondary N) is 1. The molecule has 106 valence electrons. The molecule has 3 rings (SSSR count). The average Bonchev–Trinajstić information content (AvgIpc) is 2.98. The summed E-state index contributed by atoms with van der Waals surface area (Å²) in [6, 6.07) is -0.0875. The van der Waals surface area contributed by atoms with Gasteiger partial charge in [0.2, 0.25) is 0 Å². The maximum absolute atomic E-state index is 12.0. The first-order chi connectivity index (χ1) is 9.61. The van der Waals surface area contributed by atoms with Gasteiger partial charge in [0, 0.05) is 31.6 Å². The minimum Gasteiger partial charge on any atom is -0.345 e. The number of aromatic nitrogens is 5. The van der Waals surface area contributed by atoms with Gasteiger partial charge in [0.1, 0.15) is 0 Å². The molecule has 0 saturated heterocycles. The summed E-state index contributed by atoms with van der Waals surface area (Å²) in [5.74, 6) is 0.688. The molecule has 2 aromatic heterocycles. The Morgan fingerprint density at radius 3 is 3.05 bits per heavy atom. The van der Waals surface area contributed by atoms with Crippen molar-refractivity contribution in [3.05, 3.63) is 23.6 Å². The standard InChI is InChI=1S/C12H16N6O2/c1-7(5-9-6-18(2)17-15-9)13-11(19)12-14-10(16-20-12)8-3-4-8/h6-8H,3-5H2,1-2H3,(H,13,19)/t7-/m1/s1. The van der Waals surface area contributed by atoms with E-state index in [0.717, 1.165) is 18.5 Å². The third-order valence-corrected chi connectivity index (χ3v) is 3.12. The quantitative estimate of drug-likeness (QED) is 0.850. The number of nitrogens with zero attached hydrogens (tertiary/aromatic N) is 5. The van der Waals surface area contributed by atoms with Crippen LogP contribution in [0.1, 0.15) is 47.9 Å². The summed E-state index contributed by atoms with van der Waals surface area (Å²) in [5.41, 5.74) is 0.824. The Hall–Kier alpha value is -2.25. The smallest absolute Gasteiger partial charge is 0.315 e. The fourth-order valence-corrected chi connectivity index (χ4v) is 1.97. The number of carbonyl (C=O) groups excluding carboxylic acids is 1. The van der Waals surface area contributed by atoms with Crippen molar-refractivity contribution in [1.29, 1.82) is 0 Å². The van der Waals surface area contributed by atoms with Gasteiger partial charge in [-0.1, -0.05) is 10.4 Å². The lowest BCUT2D eigenvalue weighted by Gasteiger charge is -2.09. The van der Waals surface area contributed by atoms with E-state index in [0.29, 0.717) is 18.2 Å². The van der Waals surface area contributed by atoms with Gasteiger partial charge in [-0.3, -0.25) is 9.48 Å². The first-order valence-corrected chi connectivity index (χ1v) is 6.61. The van der Waals surface area contributed by atoms with Crippen molar-refractivity contribution >= 4 is 5.91 Å². The lowest BCUT2D eigenvalue weighted by atomic mass is 10.2. The minimum absolute atomic E-state index is 0.0258. The van der Waals surface area contributed by atoms with Crippen LogP contribution in [-0.2, 0) is 13.5 Å². The Kier molecular flexibility index (Phi) is 3.21. The molecule has 2 heterocycles. The van der Waals surface area contributed by atoms with Gasteiger partial charge >= 0.3 is 11.8 Å². The predicted molar refractivity (Wildman–Crippen MR) is 67.9 cm³/mol. The monoisotopic (exact) mass is 276 g/mol. The van der Waals surface area contributed by atoms with Gasteiger partial charge in [0.25, 0.3) is 0 Å². The molecular formula is C12H16N6O2. The van der Waals surface area contributed by atoms with E-state index in [-0.39, 0.29) is 17.8 Å². The highest BCUT2D eigenvalue weighted by atomic mass is 16.5. The lowest BCUT2D eigenvalue weighted by Crippen LogP contribution is -2.34. The Bertz CT molecular complexity index is 615. The zero-order valence-electron chi connectivity index (χ0n) is 11.4. The van der Waals surface area contributed by atoms with E-state index in [1.165, 1.54) is 0 Å². The molecule has 8 heteroatoms. The summed E-state index contributed by atoms with van der Waals surface area (Å²) in [6.07, 6.45) is 4.57. The predicted octanol–water partition coefficient (Wildman–Crippen LogP) is 0.436. The number of amides is 1. The van der Waals surface area contributed by atoms with Gasteiger partial charge in [0.05, 0.1) is 5.69 Å². The zero-order chi connectivity index (χ0) is 14.1. The van der Waals surface area contributed by atoms with Gasteiger partial charge in [-0.05, 0) is 19.8 Å². The molecule has 1 N–H and O–H groups in total. The fourth-order valence-electron chi connectivity index (χ4n) is 1.97. The SMILES string of the molecule is C[C@H](Cc1cn(C)nn1)NC(=O)c1nc(C2CC2)no1. The van der Waals surface area contributed by atoms with Crippen LogP contribution in [0.2, 0.25) is 0 Å². The summed E-state index contributed by atoms with van der Waals surface area (Å²) in [4.78, 5) is 16.1. The fraction of sp³-hybridized carbons (Fsp3) is 0.583. The second kappa shape index (κ2) is 5.03. The second-order valence-corrected chi connectivity index (χ2v) is 5.19.